The number of aryl methyl sites for hydroxylation is 1. The summed E-state index contributed by atoms with van der Waals surface area (Å²) in [5.74, 6) is -0.470. The summed E-state index contributed by atoms with van der Waals surface area (Å²) in [6.45, 7) is 6.93. The van der Waals surface area contributed by atoms with Crippen LogP contribution in [0.15, 0.2) is 24.5 Å². The van der Waals surface area contributed by atoms with E-state index in [1.54, 1.807) is 19.2 Å². The van der Waals surface area contributed by atoms with Gasteiger partial charge in [0.2, 0.25) is 0 Å². The molecule has 0 saturated heterocycles. The Morgan fingerprint density at radius 2 is 2.08 bits per heavy atom. The third kappa shape index (κ3) is 3.05. The molecule has 0 unspecified atom stereocenters. The Morgan fingerprint density at radius 3 is 2.73 bits per heavy atom. The number of esters is 1. The van der Waals surface area contributed by atoms with Gasteiger partial charge in [-0.1, -0.05) is 25.4 Å². The predicted octanol–water partition coefficient (Wildman–Crippen LogP) is 4.34. The summed E-state index contributed by atoms with van der Waals surface area (Å²) in [4.78, 5) is 12.6. The average Bonchev–Trinajstić information content (AvgIpc) is 3.18. The van der Waals surface area contributed by atoms with Gasteiger partial charge >= 0.3 is 5.97 Å². The molecule has 1 N–H and O–H groups in total. The van der Waals surface area contributed by atoms with E-state index in [2.05, 4.69) is 12.0 Å². The zero-order valence-electron chi connectivity index (χ0n) is 15.1. The summed E-state index contributed by atoms with van der Waals surface area (Å²) < 4.78 is 9.09. The number of phenols is 1. The number of benzene rings is 1. The SMILES string of the molecule is CCCn1cc(-n2c(CC)c(C(=O)OCC)c3cc(O)c(Cl)cc32)cn1. The highest BCUT2D eigenvalue weighted by Gasteiger charge is 2.25. The van der Waals surface area contributed by atoms with E-state index in [4.69, 9.17) is 16.3 Å². The van der Waals surface area contributed by atoms with E-state index >= 15 is 0 Å². The van der Waals surface area contributed by atoms with E-state index in [9.17, 15) is 9.90 Å². The van der Waals surface area contributed by atoms with E-state index in [0.29, 0.717) is 17.4 Å². The van der Waals surface area contributed by atoms with Crippen LogP contribution in [0.5, 0.6) is 5.75 Å². The van der Waals surface area contributed by atoms with Gasteiger partial charge in [-0.3, -0.25) is 4.68 Å². The van der Waals surface area contributed by atoms with Gasteiger partial charge in [-0.25, -0.2) is 4.79 Å². The Bertz CT molecular complexity index is 959. The van der Waals surface area contributed by atoms with Gasteiger partial charge in [0.15, 0.2) is 0 Å². The average molecular weight is 376 g/mol. The van der Waals surface area contributed by atoms with Gasteiger partial charge in [-0.2, -0.15) is 5.10 Å². The molecule has 0 aliphatic heterocycles. The van der Waals surface area contributed by atoms with Gasteiger partial charge in [0, 0.05) is 23.8 Å². The second-order valence-corrected chi connectivity index (χ2v) is 6.42. The lowest BCUT2D eigenvalue weighted by Crippen LogP contribution is -2.08. The van der Waals surface area contributed by atoms with Gasteiger partial charge in [-0.05, 0) is 31.9 Å². The third-order valence-electron chi connectivity index (χ3n) is 4.28. The molecular formula is C19H22ClN3O3. The van der Waals surface area contributed by atoms with Crippen LogP contribution in [0.25, 0.3) is 16.6 Å². The number of halogens is 1. The second kappa shape index (κ2) is 7.41. The van der Waals surface area contributed by atoms with Gasteiger partial charge in [-0.15, -0.1) is 0 Å². The number of rotatable bonds is 6. The van der Waals surface area contributed by atoms with E-state index in [-0.39, 0.29) is 17.4 Å². The van der Waals surface area contributed by atoms with Gasteiger partial charge < -0.3 is 14.4 Å². The molecule has 3 aromatic rings. The number of fused-ring (bicyclic) bond motifs is 1. The lowest BCUT2D eigenvalue weighted by atomic mass is 10.1. The third-order valence-corrected chi connectivity index (χ3v) is 4.58. The van der Waals surface area contributed by atoms with Crippen LogP contribution in [-0.2, 0) is 17.7 Å². The van der Waals surface area contributed by atoms with Gasteiger partial charge in [0.05, 0.1) is 34.6 Å². The number of aromatic hydroxyl groups is 1. The molecule has 6 nitrogen and oxygen atoms in total. The highest BCUT2D eigenvalue weighted by atomic mass is 35.5. The predicted molar refractivity (Wildman–Crippen MR) is 101 cm³/mol. The highest BCUT2D eigenvalue weighted by Crippen LogP contribution is 2.36. The van der Waals surface area contributed by atoms with Crippen LogP contribution in [0.3, 0.4) is 0 Å². The van der Waals surface area contributed by atoms with Crippen molar-refractivity contribution in [1.29, 1.82) is 0 Å². The van der Waals surface area contributed by atoms with E-state index in [0.717, 1.165) is 29.9 Å². The summed E-state index contributed by atoms with van der Waals surface area (Å²) in [7, 11) is 0. The van der Waals surface area contributed by atoms with Crippen LogP contribution >= 0.6 is 11.6 Å². The first kappa shape index (κ1) is 18.3. The van der Waals surface area contributed by atoms with Crippen LogP contribution in [0.2, 0.25) is 5.02 Å². The molecule has 138 valence electrons. The molecule has 0 aliphatic carbocycles. The Balaban J connectivity index is 2.32. The van der Waals surface area contributed by atoms with Crippen LogP contribution < -0.4 is 0 Å². The van der Waals surface area contributed by atoms with Crippen LogP contribution in [-0.4, -0.2) is 32.0 Å². The lowest BCUT2D eigenvalue weighted by molar-refractivity contribution is 0.0527. The van der Waals surface area contributed by atoms with Crippen LogP contribution in [0.4, 0.5) is 0 Å². The fraction of sp³-hybridized carbons (Fsp3) is 0.368. The zero-order chi connectivity index (χ0) is 18.8. The Labute approximate surface area is 156 Å². The molecule has 1 aromatic carbocycles. The number of hydrogen-bond donors (Lipinski definition) is 1. The molecular weight excluding hydrogens is 354 g/mol. The van der Waals surface area contributed by atoms with Crippen molar-refractivity contribution in [1.82, 2.24) is 14.3 Å². The lowest BCUT2D eigenvalue weighted by Gasteiger charge is -2.08. The molecule has 0 fully saturated rings. The fourth-order valence-corrected chi connectivity index (χ4v) is 3.39. The van der Waals surface area contributed by atoms with Crippen molar-refractivity contribution in [2.75, 3.05) is 6.61 Å². The minimum atomic E-state index is -0.407. The number of carbonyl (C=O) groups is 1. The summed E-state index contributed by atoms with van der Waals surface area (Å²) in [5.41, 5.74) is 2.84. The molecule has 7 heteroatoms. The summed E-state index contributed by atoms with van der Waals surface area (Å²) in [6, 6.07) is 3.20. The molecule has 0 radical (unpaired) electrons. The monoisotopic (exact) mass is 375 g/mol. The molecule has 3 rings (SSSR count). The second-order valence-electron chi connectivity index (χ2n) is 6.01. The normalized spacial score (nSPS) is 11.2. The molecule has 0 aliphatic rings. The molecule has 0 spiro atoms. The number of hydrogen-bond acceptors (Lipinski definition) is 4. The Morgan fingerprint density at radius 1 is 1.31 bits per heavy atom. The maximum Gasteiger partial charge on any atom is 0.340 e. The van der Waals surface area contributed by atoms with Crippen molar-refractivity contribution in [2.45, 2.75) is 40.2 Å². The standard InChI is InChI=1S/C19H22ClN3O3/c1-4-7-22-11-12(10-21-22)23-15(5-2)18(19(25)26-6-3)13-8-17(24)14(20)9-16(13)23/h8-11,24H,4-7H2,1-3H3. The molecule has 2 heterocycles. The minimum Gasteiger partial charge on any atom is -0.506 e. The molecule has 26 heavy (non-hydrogen) atoms. The number of aromatic nitrogens is 3. The summed E-state index contributed by atoms with van der Waals surface area (Å²) >= 11 is 6.15. The van der Waals surface area contributed by atoms with Crippen molar-refractivity contribution in [3.05, 3.63) is 40.8 Å². The van der Waals surface area contributed by atoms with Crippen molar-refractivity contribution < 1.29 is 14.6 Å². The van der Waals surface area contributed by atoms with Crippen molar-refractivity contribution in [2.24, 2.45) is 0 Å². The smallest absolute Gasteiger partial charge is 0.340 e. The molecule has 0 saturated carbocycles. The minimum absolute atomic E-state index is 0.0637. The number of nitrogens with zero attached hydrogens (tertiary/aromatic N) is 3. The first-order valence-electron chi connectivity index (χ1n) is 8.77. The highest BCUT2D eigenvalue weighted by molar-refractivity contribution is 6.33. The summed E-state index contributed by atoms with van der Waals surface area (Å²) in [5, 5.41) is 15.3. The summed E-state index contributed by atoms with van der Waals surface area (Å²) in [6.07, 6.45) is 5.30. The largest absolute Gasteiger partial charge is 0.506 e. The Kier molecular flexibility index (Phi) is 5.23. The van der Waals surface area contributed by atoms with Crippen molar-refractivity contribution >= 4 is 28.5 Å². The van der Waals surface area contributed by atoms with Crippen LogP contribution in [0, 0.1) is 0 Å². The molecule has 0 bridgehead atoms. The van der Waals surface area contributed by atoms with E-state index < -0.39 is 5.97 Å². The van der Waals surface area contributed by atoms with Gasteiger partial charge in [0.1, 0.15) is 5.75 Å². The van der Waals surface area contributed by atoms with Crippen molar-refractivity contribution in [3.8, 4) is 11.4 Å². The maximum atomic E-state index is 12.6. The van der Waals surface area contributed by atoms with Gasteiger partial charge in [0.25, 0.3) is 0 Å². The topological polar surface area (TPSA) is 69.3 Å². The number of carbonyl (C=O) groups excluding carboxylic acids is 1. The molecule has 0 amide bonds. The number of phenolic OH excluding ortho intramolecular Hbond substituents is 1. The van der Waals surface area contributed by atoms with E-state index in [1.165, 1.54) is 6.07 Å². The fourth-order valence-electron chi connectivity index (χ4n) is 3.23. The number of ether oxygens (including phenoxy) is 1. The van der Waals surface area contributed by atoms with Crippen molar-refractivity contribution in [3.63, 3.8) is 0 Å². The quantitative estimate of drug-likeness (QED) is 0.651. The molecule has 2 aromatic heterocycles. The first-order valence-corrected chi connectivity index (χ1v) is 9.15. The van der Waals surface area contributed by atoms with Crippen LogP contribution in [0.1, 0.15) is 43.2 Å². The first-order chi connectivity index (χ1) is 12.5. The molecule has 0 atom stereocenters. The zero-order valence-corrected chi connectivity index (χ0v) is 15.9. The Hall–Kier alpha value is -2.47. The maximum absolute atomic E-state index is 12.6. The van der Waals surface area contributed by atoms with E-state index in [1.807, 2.05) is 22.4 Å².